The molecule has 0 saturated heterocycles. The number of halogens is 1. The molecule has 0 aliphatic carbocycles. The number of benzene rings is 1. The first-order chi connectivity index (χ1) is 11.2. The van der Waals surface area contributed by atoms with E-state index in [1.54, 1.807) is 16.8 Å². The lowest BCUT2D eigenvalue weighted by Gasteiger charge is -2.22. The Balaban J connectivity index is 2.47. The quantitative estimate of drug-likeness (QED) is 0.913. The third-order valence-corrected chi connectivity index (χ3v) is 3.91. The molecule has 0 fully saturated rings. The molecule has 0 bridgehead atoms. The lowest BCUT2D eigenvalue weighted by atomic mass is 10.0. The molecule has 6 nitrogen and oxygen atoms in total. The SMILES string of the molecule is CC(C)c1c(C(=O)N(C)C(C)C(=O)O)cnn1-c1ccc(F)cc1. The maximum absolute atomic E-state index is 13.1. The summed E-state index contributed by atoms with van der Waals surface area (Å²) in [6.07, 6.45) is 1.42. The average Bonchev–Trinajstić information content (AvgIpc) is 2.98. The van der Waals surface area contributed by atoms with Crippen molar-refractivity contribution in [1.29, 1.82) is 0 Å². The van der Waals surface area contributed by atoms with Gasteiger partial charge in [-0.05, 0) is 37.1 Å². The van der Waals surface area contributed by atoms with Crippen molar-refractivity contribution < 1.29 is 19.1 Å². The van der Waals surface area contributed by atoms with Crippen LogP contribution in [-0.4, -0.2) is 44.8 Å². The van der Waals surface area contributed by atoms with Crippen LogP contribution in [0, 0.1) is 5.82 Å². The summed E-state index contributed by atoms with van der Waals surface area (Å²) in [5, 5.41) is 13.3. The first kappa shape index (κ1) is 17.7. The fourth-order valence-electron chi connectivity index (χ4n) is 2.40. The standard InChI is InChI=1S/C17H20FN3O3/c1-10(2)15-14(16(22)20(4)11(3)17(23)24)9-19-21(15)13-7-5-12(18)6-8-13/h5-11H,1-4H3,(H,23,24). The first-order valence-electron chi connectivity index (χ1n) is 7.57. The molecule has 128 valence electrons. The molecule has 2 aromatic rings. The van der Waals surface area contributed by atoms with Crippen LogP contribution in [0.1, 0.15) is 42.7 Å². The monoisotopic (exact) mass is 333 g/mol. The lowest BCUT2D eigenvalue weighted by Crippen LogP contribution is -2.40. The minimum Gasteiger partial charge on any atom is -0.480 e. The summed E-state index contributed by atoms with van der Waals surface area (Å²) in [4.78, 5) is 24.9. The van der Waals surface area contributed by atoms with Crippen molar-refractivity contribution in [2.45, 2.75) is 32.7 Å². The summed E-state index contributed by atoms with van der Waals surface area (Å²) < 4.78 is 14.7. The average molecular weight is 333 g/mol. The highest BCUT2D eigenvalue weighted by Gasteiger charge is 2.28. The van der Waals surface area contributed by atoms with Gasteiger partial charge in [0.2, 0.25) is 0 Å². The molecular formula is C17H20FN3O3. The van der Waals surface area contributed by atoms with Crippen molar-refractivity contribution in [3.63, 3.8) is 0 Å². The molecule has 1 aromatic heterocycles. The van der Waals surface area contributed by atoms with Crippen molar-refractivity contribution in [2.24, 2.45) is 0 Å². The molecule has 0 aliphatic heterocycles. The Morgan fingerprint density at radius 3 is 2.29 bits per heavy atom. The van der Waals surface area contributed by atoms with Gasteiger partial charge in [0.25, 0.3) is 5.91 Å². The van der Waals surface area contributed by atoms with Crippen LogP contribution in [0.25, 0.3) is 5.69 Å². The highest BCUT2D eigenvalue weighted by atomic mass is 19.1. The number of carbonyl (C=O) groups excluding carboxylic acids is 1. The Kier molecular flexibility index (Phi) is 5.02. The fraction of sp³-hybridized carbons (Fsp3) is 0.353. The van der Waals surface area contributed by atoms with Gasteiger partial charge in [0, 0.05) is 7.05 Å². The molecule has 0 spiro atoms. The van der Waals surface area contributed by atoms with E-state index < -0.39 is 17.9 Å². The van der Waals surface area contributed by atoms with Crippen molar-refractivity contribution >= 4 is 11.9 Å². The molecule has 0 aliphatic rings. The molecular weight excluding hydrogens is 313 g/mol. The Labute approximate surface area is 139 Å². The van der Waals surface area contributed by atoms with E-state index in [0.29, 0.717) is 16.9 Å². The zero-order valence-corrected chi connectivity index (χ0v) is 14.0. The molecule has 24 heavy (non-hydrogen) atoms. The lowest BCUT2D eigenvalue weighted by molar-refractivity contribution is -0.141. The van der Waals surface area contributed by atoms with Crippen molar-refractivity contribution in [1.82, 2.24) is 14.7 Å². The van der Waals surface area contributed by atoms with Gasteiger partial charge in [-0.2, -0.15) is 5.10 Å². The van der Waals surface area contributed by atoms with Crippen LogP contribution in [0.15, 0.2) is 30.5 Å². The van der Waals surface area contributed by atoms with E-state index >= 15 is 0 Å². The number of carboxylic acid groups (broad SMARTS) is 1. The van der Waals surface area contributed by atoms with Gasteiger partial charge in [0.15, 0.2) is 0 Å². The summed E-state index contributed by atoms with van der Waals surface area (Å²) in [6.45, 7) is 5.27. The molecule has 2 rings (SSSR count). The van der Waals surface area contributed by atoms with E-state index in [0.717, 1.165) is 0 Å². The molecule has 1 atom stereocenters. The van der Waals surface area contributed by atoms with E-state index in [-0.39, 0.29) is 11.7 Å². The Morgan fingerprint density at radius 2 is 1.79 bits per heavy atom. The Hall–Kier alpha value is -2.70. The van der Waals surface area contributed by atoms with Crippen LogP contribution in [0.2, 0.25) is 0 Å². The number of rotatable bonds is 5. The fourth-order valence-corrected chi connectivity index (χ4v) is 2.40. The molecule has 1 unspecified atom stereocenters. The number of hydrogen-bond acceptors (Lipinski definition) is 3. The van der Waals surface area contributed by atoms with E-state index in [4.69, 9.17) is 5.11 Å². The molecule has 0 saturated carbocycles. The predicted octanol–water partition coefficient (Wildman–Crippen LogP) is 2.68. The second-order valence-electron chi connectivity index (χ2n) is 5.92. The summed E-state index contributed by atoms with van der Waals surface area (Å²) in [7, 11) is 1.44. The van der Waals surface area contributed by atoms with Gasteiger partial charge in [-0.15, -0.1) is 0 Å². The van der Waals surface area contributed by atoms with Gasteiger partial charge >= 0.3 is 5.97 Å². The van der Waals surface area contributed by atoms with Gasteiger partial charge in [-0.25, -0.2) is 13.9 Å². The van der Waals surface area contributed by atoms with Gasteiger partial charge in [-0.3, -0.25) is 4.79 Å². The smallest absolute Gasteiger partial charge is 0.326 e. The molecule has 1 amide bonds. The number of likely N-dealkylation sites (N-methyl/N-ethyl adjacent to an activating group) is 1. The molecule has 0 radical (unpaired) electrons. The van der Waals surface area contributed by atoms with E-state index in [1.807, 2.05) is 13.8 Å². The maximum atomic E-state index is 13.1. The summed E-state index contributed by atoms with van der Waals surface area (Å²) in [6, 6.07) is 4.84. The zero-order chi connectivity index (χ0) is 18.0. The van der Waals surface area contributed by atoms with Crippen molar-refractivity contribution in [2.75, 3.05) is 7.05 Å². The maximum Gasteiger partial charge on any atom is 0.326 e. The largest absolute Gasteiger partial charge is 0.480 e. The van der Waals surface area contributed by atoms with E-state index in [9.17, 15) is 14.0 Å². The Morgan fingerprint density at radius 1 is 1.21 bits per heavy atom. The molecule has 7 heteroatoms. The van der Waals surface area contributed by atoms with Gasteiger partial charge < -0.3 is 10.0 Å². The highest BCUT2D eigenvalue weighted by Crippen LogP contribution is 2.24. The van der Waals surface area contributed by atoms with Crippen LogP contribution in [0.5, 0.6) is 0 Å². The summed E-state index contributed by atoms with van der Waals surface area (Å²) in [5.74, 6) is -1.89. The zero-order valence-electron chi connectivity index (χ0n) is 14.0. The summed E-state index contributed by atoms with van der Waals surface area (Å²) >= 11 is 0. The van der Waals surface area contributed by atoms with E-state index in [1.165, 1.54) is 37.2 Å². The second kappa shape index (κ2) is 6.82. The number of hydrogen-bond donors (Lipinski definition) is 1. The van der Waals surface area contributed by atoms with Crippen molar-refractivity contribution in [3.05, 3.63) is 47.5 Å². The normalized spacial score (nSPS) is 12.2. The Bertz CT molecular complexity index is 753. The predicted molar refractivity (Wildman–Crippen MR) is 86.8 cm³/mol. The third kappa shape index (κ3) is 3.29. The molecule has 1 heterocycles. The number of carboxylic acids is 1. The van der Waals surface area contributed by atoms with E-state index in [2.05, 4.69) is 5.10 Å². The van der Waals surface area contributed by atoms with Gasteiger partial charge in [0.1, 0.15) is 11.9 Å². The van der Waals surface area contributed by atoms with Crippen LogP contribution in [-0.2, 0) is 4.79 Å². The third-order valence-electron chi connectivity index (χ3n) is 3.91. The number of amides is 1. The molecule has 1 aromatic carbocycles. The van der Waals surface area contributed by atoms with Gasteiger partial charge in [0.05, 0.1) is 23.1 Å². The number of aromatic nitrogens is 2. The second-order valence-corrected chi connectivity index (χ2v) is 5.92. The number of aliphatic carboxylic acids is 1. The number of carbonyl (C=O) groups is 2. The van der Waals surface area contributed by atoms with Crippen LogP contribution in [0.4, 0.5) is 4.39 Å². The van der Waals surface area contributed by atoms with Crippen LogP contribution in [0.3, 0.4) is 0 Å². The number of nitrogens with zero attached hydrogens (tertiary/aromatic N) is 3. The topological polar surface area (TPSA) is 75.4 Å². The van der Waals surface area contributed by atoms with Crippen LogP contribution < -0.4 is 0 Å². The van der Waals surface area contributed by atoms with Crippen LogP contribution >= 0.6 is 0 Å². The minimum atomic E-state index is -1.08. The molecule has 1 N–H and O–H groups in total. The van der Waals surface area contributed by atoms with Crippen molar-refractivity contribution in [3.8, 4) is 5.69 Å². The summed E-state index contributed by atoms with van der Waals surface area (Å²) in [5.41, 5.74) is 1.62. The highest BCUT2D eigenvalue weighted by molar-refractivity contribution is 5.97. The van der Waals surface area contributed by atoms with Gasteiger partial charge in [-0.1, -0.05) is 13.8 Å². The minimum absolute atomic E-state index is 0.0370. The first-order valence-corrected chi connectivity index (χ1v) is 7.57.